The van der Waals surface area contributed by atoms with Crippen molar-refractivity contribution in [3.8, 4) is 0 Å². The predicted octanol–water partition coefficient (Wildman–Crippen LogP) is 3.72. The summed E-state index contributed by atoms with van der Waals surface area (Å²) in [4.78, 5) is 13.8. The van der Waals surface area contributed by atoms with E-state index in [9.17, 15) is 9.18 Å². The van der Waals surface area contributed by atoms with Crippen molar-refractivity contribution < 1.29 is 13.7 Å². The van der Waals surface area contributed by atoms with E-state index in [4.69, 9.17) is 4.52 Å². The lowest BCUT2D eigenvalue weighted by molar-refractivity contribution is -0.117. The van der Waals surface area contributed by atoms with Gasteiger partial charge < -0.3 is 14.7 Å². The van der Waals surface area contributed by atoms with Crippen molar-refractivity contribution in [3.63, 3.8) is 0 Å². The van der Waals surface area contributed by atoms with Gasteiger partial charge in [0.2, 0.25) is 11.8 Å². The Morgan fingerprint density at radius 2 is 2.17 bits per heavy atom. The number of halogens is 1. The van der Waals surface area contributed by atoms with E-state index in [1.807, 2.05) is 6.07 Å². The summed E-state index contributed by atoms with van der Waals surface area (Å²) in [5, 5.41) is 7.27. The van der Waals surface area contributed by atoms with Gasteiger partial charge in [0.1, 0.15) is 5.82 Å². The van der Waals surface area contributed by atoms with Crippen LogP contribution in [0.4, 0.5) is 16.0 Å². The maximum atomic E-state index is 13.5. The molecule has 1 unspecified atom stereocenters. The van der Waals surface area contributed by atoms with Crippen LogP contribution in [-0.2, 0) is 10.2 Å². The second-order valence-electron chi connectivity index (χ2n) is 7.14. The number of nitrogens with zero attached hydrogens (tertiary/aromatic N) is 2. The Balaban J connectivity index is 1.70. The summed E-state index contributed by atoms with van der Waals surface area (Å²) in [5.74, 6) is 0.253. The molecule has 6 heteroatoms. The van der Waals surface area contributed by atoms with Gasteiger partial charge in [0.15, 0.2) is 0 Å². The summed E-state index contributed by atoms with van der Waals surface area (Å²) < 4.78 is 18.8. The lowest BCUT2D eigenvalue weighted by Gasteiger charge is -2.25. The third kappa shape index (κ3) is 3.42. The lowest BCUT2D eigenvalue weighted by atomic mass is 9.92. The molecule has 0 radical (unpaired) electrons. The fraction of sp³-hybridized carbons (Fsp3) is 0.444. The zero-order valence-electron chi connectivity index (χ0n) is 14.2. The Kier molecular flexibility index (Phi) is 4.30. The summed E-state index contributed by atoms with van der Waals surface area (Å²) in [5.41, 5.74) is 1.38. The quantitative estimate of drug-likeness (QED) is 0.928. The molecule has 1 N–H and O–H groups in total. The molecule has 3 rings (SSSR count). The monoisotopic (exact) mass is 331 g/mol. The standard InChI is InChI=1S/C18H22FN3O2/c1-18(2,3)15-10-16(24-21-15)20-11-14-7-8-17(23)22(14)13-6-4-5-12(19)9-13/h4-6,9-10,14,20H,7-8,11H2,1-3H3. The molecule has 1 aromatic carbocycles. The highest BCUT2D eigenvalue weighted by Crippen LogP contribution is 2.28. The zero-order valence-corrected chi connectivity index (χ0v) is 14.2. The summed E-state index contributed by atoms with van der Waals surface area (Å²) in [6.07, 6.45) is 1.19. The molecule has 24 heavy (non-hydrogen) atoms. The Hall–Kier alpha value is -2.37. The van der Waals surface area contributed by atoms with Crippen LogP contribution < -0.4 is 10.2 Å². The van der Waals surface area contributed by atoms with Crippen molar-refractivity contribution in [2.75, 3.05) is 16.8 Å². The van der Waals surface area contributed by atoms with Gasteiger partial charge in [-0.1, -0.05) is 32.0 Å². The summed E-state index contributed by atoms with van der Waals surface area (Å²) in [7, 11) is 0. The molecule has 0 spiro atoms. The minimum absolute atomic E-state index is 0.0142. The molecule has 2 heterocycles. The molecule has 1 atom stereocenters. The molecule has 128 valence electrons. The predicted molar refractivity (Wildman–Crippen MR) is 90.6 cm³/mol. The van der Waals surface area contributed by atoms with Crippen LogP contribution in [0.5, 0.6) is 0 Å². The molecule has 0 aliphatic carbocycles. The average Bonchev–Trinajstić information content (AvgIpc) is 3.11. The Bertz CT molecular complexity index is 736. The average molecular weight is 331 g/mol. The number of nitrogens with one attached hydrogen (secondary N) is 1. The van der Waals surface area contributed by atoms with Gasteiger partial charge in [-0.05, 0) is 24.6 Å². The van der Waals surface area contributed by atoms with E-state index in [0.29, 0.717) is 24.5 Å². The van der Waals surface area contributed by atoms with Gasteiger partial charge in [-0.15, -0.1) is 0 Å². The second kappa shape index (κ2) is 6.26. The molecule has 2 aromatic rings. The third-order valence-electron chi connectivity index (χ3n) is 4.20. The van der Waals surface area contributed by atoms with Crippen LogP contribution in [0.2, 0.25) is 0 Å². The number of hydrogen-bond donors (Lipinski definition) is 1. The molecular formula is C18H22FN3O2. The first-order valence-corrected chi connectivity index (χ1v) is 8.13. The van der Waals surface area contributed by atoms with Crippen molar-refractivity contribution in [1.29, 1.82) is 0 Å². The molecular weight excluding hydrogens is 309 g/mol. The van der Waals surface area contributed by atoms with E-state index in [1.165, 1.54) is 12.1 Å². The van der Waals surface area contributed by atoms with Crippen LogP contribution in [0, 0.1) is 5.82 Å². The van der Waals surface area contributed by atoms with E-state index in [2.05, 4.69) is 31.2 Å². The molecule has 0 saturated carbocycles. The lowest BCUT2D eigenvalue weighted by Crippen LogP contribution is -2.37. The fourth-order valence-corrected chi connectivity index (χ4v) is 2.85. The van der Waals surface area contributed by atoms with Gasteiger partial charge in [0, 0.05) is 30.1 Å². The van der Waals surface area contributed by atoms with Gasteiger partial charge >= 0.3 is 0 Å². The number of benzene rings is 1. The van der Waals surface area contributed by atoms with Gasteiger partial charge in [-0.25, -0.2) is 4.39 Å². The smallest absolute Gasteiger partial charge is 0.227 e. The molecule has 1 amide bonds. The van der Waals surface area contributed by atoms with Crippen molar-refractivity contribution in [3.05, 3.63) is 41.8 Å². The van der Waals surface area contributed by atoms with Crippen molar-refractivity contribution >= 4 is 17.5 Å². The summed E-state index contributed by atoms with van der Waals surface area (Å²) in [6, 6.07) is 7.98. The second-order valence-corrected chi connectivity index (χ2v) is 7.14. The Morgan fingerprint density at radius 1 is 1.38 bits per heavy atom. The van der Waals surface area contributed by atoms with Crippen LogP contribution in [0.1, 0.15) is 39.3 Å². The van der Waals surface area contributed by atoms with Crippen molar-refractivity contribution in [1.82, 2.24) is 5.16 Å². The van der Waals surface area contributed by atoms with E-state index in [-0.39, 0.29) is 23.2 Å². The highest BCUT2D eigenvalue weighted by molar-refractivity contribution is 5.96. The SMILES string of the molecule is CC(C)(C)c1cc(NCC2CCC(=O)N2c2cccc(F)c2)on1. The first kappa shape index (κ1) is 16.5. The minimum atomic E-state index is -0.344. The highest BCUT2D eigenvalue weighted by atomic mass is 19.1. The molecule has 5 nitrogen and oxygen atoms in total. The summed E-state index contributed by atoms with van der Waals surface area (Å²) >= 11 is 0. The van der Waals surface area contributed by atoms with Gasteiger partial charge in [-0.2, -0.15) is 0 Å². The first-order chi connectivity index (χ1) is 11.3. The Morgan fingerprint density at radius 3 is 2.83 bits per heavy atom. The number of carbonyl (C=O) groups excluding carboxylic acids is 1. The topological polar surface area (TPSA) is 58.4 Å². The van der Waals surface area contributed by atoms with Crippen LogP contribution >= 0.6 is 0 Å². The number of rotatable bonds is 4. The van der Waals surface area contributed by atoms with Gasteiger partial charge in [0.05, 0.1) is 11.7 Å². The minimum Gasteiger partial charge on any atom is -0.352 e. The van der Waals surface area contributed by atoms with Gasteiger partial charge in [-0.3, -0.25) is 4.79 Å². The molecule has 1 aliphatic heterocycles. The highest BCUT2D eigenvalue weighted by Gasteiger charge is 2.32. The van der Waals surface area contributed by atoms with Crippen molar-refractivity contribution in [2.24, 2.45) is 0 Å². The maximum absolute atomic E-state index is 13.5. The number of hydrogen-bond acceptors (Lipinski definition) is 4. The van der Waals surface area contributed by atoms with Crippen molar-refractivity contribution in [2.45, 2.75) is 45.1 Å². The first-order valence-electron chi connectivity index (χ1n) is 8.13. The molecule has 1 fully saturated rings. The maximum Gasteiger partial charge on any atom is 0.227 e. The molecule has 1 aromatic heterocycles. The third-order valence-corrected chi connectivity index (χ3v) is 4.20. The van der Waals surface area contributed by atoms with Crippen LogP contribution in [0.25, 0.3) is 0 Å². The molecule has 1 aliphatic rings. The largest absolute Gasteiger partial charge is 0.352 e. The number of anilines is 2. The summed E-state index contributed by atoms with van der Waals surface area (Å²) in [6.45, 7) is 6.73. The Labute approximate surface area is 140 Å². The van der Waals surface area contributed by atoms with E-state index in [0.717, 1.165) is 12.1 Å². The number of aromatic nitrogens is 1. The zero-order chi connectivity index (χ0) is 17.3. The normalized spacial score (nSPS) is 18.2. The molecule has 0 bridgehead atoms. The van der Waals surface area contributed by atoms with Gasteiger partial charge in [0.25, 0.3) is 0 Å². The van der Waals surface area contributed by atoms with Crippen LogP contribution in [0.15, 0.2) is 34.9 Å². The number of amides is 1. The fourth-order valence-electron chi connectivity index (χ4n) is 2.85. The van der Waals surface area contributed by atoms with E-state index >= 15 is 0 Å². The van der Waals surface area contributed by atoms with E-state index < -0.39 is 0 Å². The van der Waals surface area contributed by atoms with E-state index in [1.54, 1.807) is 17.0 Å². The van der Waals surface area contributed by atoms with Crippen LogP contribution in [-0.4, -0.2) is 23.7 Å². The van der Waals surface area contributed by atoms with Crippen LogP contribution in [0.3, 0.4) is 0 Å². The molecule has 1 saturated heterocycles. The number of carbonyl (C=O) groups is 1.